The SMILES string of the molecule is O=S(=O)(Cc1cccnc1)c1nc2ccccc2s1. The molecule has 0 N–H and O–H groups in total. The highest BCUT2D eigenvalue weighted by atomic mass is 32.2. The first-order valence-corrected chi connectivity index (χ1v) is 8.09. The summed E-state index contributed by atoms with van der Waals surface area (Å²) in [5.41, 5.74) is 1.39. The Morgan fingerprint density at radius 2 is 1.95 bits per heavy atom. The van der Waals surface area contributed by atoms with Crippen LogP contribution in [0.3, 0.4) is 0 Å². The lowest BCUT2D eigenvalue weighted by molar-refractivity contribution is 0.594. The van der Waals surface area contributed by atoms with Crippen molar-refractivity contribution in [2.24, 2.45) is 0 Å². The average molecular weight is 290 g/mol. The molecule has 0 unspecified atom stereocenters. The van der Waals surface area contributed by atoms with Gasteiger partial charge >= 0.3 is 0 Å². The molecule has 0 amide bonds. The van der Waals surface area contributed by atoms with E-state index < -0.39 is 9.84 Å². The number of pyridine rings is 1. The van der Waals surface area contributed by atoms with Crippen molar-refractivity contribution in [3.05, 3.63) is 54.4 Å². The normalized spacial score (nSPS) is 11.8. The molecule has 0 aliphatic heterocycles. The van der Waals surface area contributed by atoms with Crippen LogP contribution in [0.5, 0.6) is 0 Å². The van der Waals surface area contributed by atoms with E-state index in [9.17, 15) is 8.42 Å². The molecule has 2 aromatic heterocycles. The van der Waals surface area contributed by atoms with Crippen molar-refractivity contribution >= 4 is 31.4 Å². The van der Waals surface area contributed by atoms with Crippen LogP contribution >= 0.6 is 11.3 Å². The molecule has 0 saturated carbocycles. The number of hydrogen-bond acceptors (Lipinski definition) is 5. The summed E-state index contributed by atoms with van der Waals surface area (Å²) in [6, 6.07) is 10.9. The summed E-state index contributed by atoms with van der Waals surface area (Å²) in [6.45, 7) is 0. The van der Waals surface area contributed by atoms with E-state index in [2.05, 4.69) is 9.97 Å². The number of aromatic nitrogens is 2. The second-order valence-electron chi connectivity index (χ2n) is 4.07. The van der Waals surface area contributed by atoms with Crippen molar-refractivity contribution in [1.29, 1.82) is 0 Å². The molecular formula is C13H10N2O2S2. The zero-order chi connectivity index (χ0) is 13.3. The van der Waals surface area contributed by atoms with Gasteiger partial charge in [-0.05, 0) is 23.8 Å². The van der Waals surface area contributed by atoms with E-state index in [0.717, 1.165) is 10.2 Å². The minimum atomic E-state index is -3.41. The predicted molar refractivity (Wildman–Crippen MR) is 74.7 cm³/mol. The molecule has 0 aliphatic rings. The lowest BCUT2D eigenvalue weighted by atomic mass is 10.3. The number of benzene rings is 1. The highest BCUT2D eigenvalue weighted by molar-refractivity contribution is 7.92. The molecule has 19 heavy (non-hydrogen) atoms. The molecule has 96 valence electrons. The molecule has 1 aromatic carbocycles. The Morgan fingerprint density at radius 3 is 2.68 bits per heavy atom. The van der Waals surface area contributed by atoms with Gasteiger partial charge in [-0.3, -0.25) is 4.98 Å². The topological polar surface area (TPSA) is 59.9 Å². The molecule has 0 radical (unpaired) electrons. The van der Waals surface area contributed by atoms with Crippen molar-refractivity contribution in [1.82, 2.24) is 9.97 Å². The smallest absolute Gasteiger partial charge is 0.210 e. The van der Waals surface area contributed by atoms with E-state index in [4.69, 9.17) is 0 Å². The van der Waals surface area contributed by atoms with Crippen molar-refractivity contribution in [2.75, 3.05) is 0 Å². The van der Waals surface area contributed by atoms with Gasteiger partial charge in [0.2, 0.25) is 14.2 Å². The summed E-state index contributed by atoms with van der Waals surface area (Å²) in [5.74, 6) is -0.0688. The van der Waals surface area contributed by atoms with Gasteiger partial charge in [0.25, 0.3) is 0 Å². The zero-order valence-corrected chi connectivity index (χ0v) is 11.5. The van der Waals surface area contributed by atoms with Crippen LogP contribution in [0.25, 0.3) is 10.2 Å². The summed E-state index contributed by atoms with van der Waals surface area (Å²) in [5, 5.41) is 0. The van der Waals surface area contributed by atoms with E-state index >= 15 is 0 Å². The molecule has 0 saturated heterocycles. The van der Waals surface area contributed by atoms with Gasteiger partial charge in [0.15, 0.2) is 0 Å². The highest BCUT2D eigenvalue weighted by Crippen LogP contribution is 2.27. The number of thiazole rings is 1. The Morgan fingerprint density at radius 1 is 1.11 bits per heavy atom. The van der Waals surface area contributed by atoms with Crippen molar-refractivity contribution in [2.45, 2.75) is 10.1 Å². The Bertz CT molecular complexity index is 778. The molecule has 0 bridgehead atoms. The maximum atomic E-state index is 12.3. The average Bonchev–Trinajstić information content (AvgIpc) is 2.84. The number of fused-ring (bicyclic) bond motifs is 1. The molecule has 0 atom stereocenters. The first kappa shape index (κ1) is 12.3. The third kappa shape index (κ3) is 2.50. The number of rotatable bonds is 3. The minimum absolute atomic E-state index is 0.0688. The van der Waals surface area contributed by atoms with E-state index in [-0.39, 0.29) is 10.1 Å². The van der Waals surface area contributed by atoms with Crippen LogP contribution in [0.4, 0.5) is 0 Å². The van der Waals surface area contributed by atoms with Gasteiger partial charge in [-0.15, -0.1) is 11.3 Å². The molecule has 3 aromatic rings. The number of para-hydroxylation sites is 1. The van der Waals surface area contributed by atoms with E-state index in [0.29, 0.717) is 5.56 Å². The minimum Gasteiger partial charge on any atom is -0.264 e. The lowest BCUT2D eigenvalue weighted by Gasteiger charge is -1.99. The molecule has 6 heteroatoms. The van der Waals surface area contributed by atoms with Gasteiger partial charge in [-0.25, -0.2) is 13.4 Å². The van der Waals surface area contributed by atoms with E-state index in [1.165, 1.54) is 11.3 Å². The van der Waals surface area contributed by atoms with Crippen LogP contribution < -0.4 is 0 Å². The summed E-state index contributed by atoms with van der Waals surface area (Å²) in [7, 11) is -3.41. The van der Waals surface area contributed by atoms with Crippen molar-refractivity contribution in [3.63, 3.8) is 0 Å². The lowest BCUT2D eigenvalue weighted by Crippen LogP contribution is -2.04. The quantitative estimate of drug-likeness (QED) is 0.744. The number of hydrogen-bond donors (Lipinski definition) is 0. The van der Waals surface area contributed by atoms with Crippen molar-refractivity contribution in [3.8, 4) is 0 Å². The highest BCUT2D eigenvalue weighted by Gasteiger charge is 2.20. The van der Waals surface area contributed by atoms with Gasteiger partial charge < -0.3 is 0 Å². The molecular weight excluding hydrogens is 280 g/mol. The number of sulfone groups is 1. The summed E-state index contributed by atoms with van der Waals surface area (Å²) in [4.78, 5) is 8.11. The van der Waals surface area contributed by atoms with Gasteiger partial charge in [-0.1, -0.05) is 18.2 Å². The van der Waals surface area contributed by atoms with Crippen LogP contribution in [0, 0.1) is 0 Å². The van der Waals surface area contributed by atoms with E-state index in [1.807, 2.05) is 24.3 Å². The Kier molecular flexibility index (Phi) is 3.04. The van der Waals surface area contributed by atoms with Gasteiger partial charge in [0.05, 0.1) is 16.0 Å². The third-order valence-electron chi connectivity index (χ3n) is 2.62. The fourth-order valence-corrected chi connectivity index (χ4v) is 4.37. The molecule has 2 heterocycles. The Balaban J connectivity index is 2.00. The largest absolute Gasteiger partial charge is 0.264 e. The molecule has 3 rings (SSSR count). The fraction of sp³-hybridized carbons (Fsp3) is 0.0769. The summed E-state index contributed by atoms with van der Waals surface area (Å²) >= 11 is 1.20. The van der Waals surface area contributed by atoms with Gasteiger partial charge in [0.1, 0.15) is 0 Å². The monoisotopic (exact) mass is 290 g/mol. The summed E-state index contributed by atoms with van der Waals surface area (Å²) in [6.07, 6.45) is 3.18. The fourth-order valence-electron chi connectivity index (χ4n) is 1.75. The molecule has 0 fully saturated rings. The third-order valence-corrected chi connectivity index (χ3v) is 5.80. The summed E-state index contributed by atoms with van der Waals surface area (Å²) < 4.78 is 25.6. The van der Waals surface area contributed by atoms with Gasteiger partial charge in [0, 0.05) is 12.4 Å². The maximum absolute atomic E-state index is 12.3. The molecule has 0 spiro atoms. The maximum Gasteiger partial charge on any atom is 0.210 e. The van der Waals surface area contributed by atoms with E-state index in [1.54, 1.807) is 24.5 Å². The molecule has 0 aliphatic carbocycles. The molecule has 4 nitrogen and oxygen atoms in total. The standard InChI is InChI=1S/C13H10N2O2S2/c16-19(17,9-10-4-3-7-14-8-10)13-15-11-5-1-2-6-12(11)18-13/h1-8H,9H2. The first-order chi connectivity index (χ1) is 9.15. The number of nitrogens with zero attached hydrogens (tertiary/aromatic N) is 2. The van der Waals surface area contributed by atoms with Crippen LogP contribution in [0.1, 0.15) is 5.56 Å². The van der Waals surface area contributed by atoms with Crippen molar-refractivity contribution < 1.29 is 8.42 Å². The Hall–Kier alpha value is -1.79. The Labute approximate surface area is 114 Å². The first-order valence-electron chi connectivity index (χ1n) is 5.62. The van der Waals surface area contributed by atoms with Crippen LogP contribution in [0.15, 0.2) is 53.1 Å². The zero-order valence-electron chi connectivity index (χ0n) is 9.85. The second kappa shape index (κ2) is 4.71. The second-order valence-corrected chi connectivity index (χ2v) is 7.26. The van der Waals surface area contributed by atoms with Crippen LogP contribution in [0.2, 0.25) is 0 Å². The van der Waals surface area contributed by atoms with Gasteiger partial charge in [-0.2, -0.15) is 0 Å². The van der Waals surface area contributed by atoms with Crippen LogP contribution in [-0.2, 0) is 15.6 Å². The van der Waals surface area contributed by atoms with Crippen LogP contribution in [-0.4, -0.2) is 18.4 Å². The predicted octanol–water partition coefficient (Wildman–Crippen LogP) is 2.67.